The third-order valence-electron chi connectivity index (χ3n) is 5.38. The second-order valence-electron chi connectivity index (χ2n) is 7.72. The summed E-state index contributed by atoms with van der Waals surface area (Å²) < 4.78 is 31.5. The number of anilines is 2. The molecule has 3 aromatic rings. The van der Waals surface area contributed by atoms with E-state index in [1.54, 1.807) is 26.6 Å². The van der Waals surface area contributed by atoms with E-state index in [1.807, 2.05) is 6.07 Å². The van der Waals surface area contributed by atoms with Crippen molar-refractivity contribution in [2.45, 2.75) is 32.4 Å². The van der Waals surface area contributed by atoms with Crippen LogP contribution in [0.15, 0.2) is 24.8 Å². The van der Waals surface area contributed by atoms with Gasteiger partial charge < -0.3 is 19.5 Å². The fraction of sp³-hybridized carbons (Fsp3) is 0.429. The van der Waals surface area contributed by atoms with Crippen LogP contribution in [0.5, 0.6) is 5.75 Å². The number of nitrogens with zero attached hydrogens (tertiary/aromatic N) is 6. The van der Waals surface area contributed by atoms with Crippen LogP contribution in [0.2, 0.25) is 5.15 Å². The molecule has 0 aromatic carbocycles. The highest BCUT2D eigenvalue weighted by atomic mass is 35.5. The van der Waals surface area contributed by atoms with Crippen molar-refractivity contribution in [2.24, 2.45) is 0 Å². The monoisotopic (exact) mass is 511 g/mol. The highest BCUT2D eigenvalue weighted by Crippen LogP contribution is 2.34. The van der Waals surface area contributed by atoms with Crippen molar-refractivity contribution in [1.82, 2.24) is 24.8 Å². The molecule has 1 aliphatic heterocycles. The number of urea groups is 1. The molecule has 0 fully saturated rings. The van der Waals surface area contributed by atoms with Gasteiger partial charge in [0.1, 0.15) is 0 Å². The summed E-state index contributed by atoms with van der Waals surface area (Å²) in [6.45, 7) is 1.35. The Kier molecular flexibility index (Phi) is 7.47. The number of hydrogen-bond donors (Lipinski definition) is 1. The lowest BCUT2D eigenvalue weighted by molar-refractivity contribution is 0.126. The molecule has 3 aromatic heterocycles. The van der Waals surface area contributed by atoms with Gasteiger partial charge in [0, 0.05) is 50.1 Å². The van der Waals surface area contributed by atoms with E-state index in [2.05, 4.69) is 25.2 Å². The second-order valence-corrected chi connectivity index (χ2v) is 9.14. The lowest BCUT2D eigenvalue weighted by Gasteiger charge is -2.28. The number of aromatic nitrogens is 4. The Morgan fingerprint density at radius 3 is 3.00 bits per heavy atom. The van der Waals surface area contributed by atoms with Crippen molar-refractivity contribution in [3.63, 3.8) is 0 Å². The number of amides is 2. The van der Waals surface area contributed by atoms with Gasteiger partial charge in [-0.2, -0.15) is 0 Å². The Hall–Kier alpha value is -2.99. The first-order valence-corrected chi connectivity index (χ1v) is 11.8. The number of carbonyl (C=O) groups excluding carboxylic acids is 1. The minimum absolute atomic E-state index is 0.290. The van der Waals surface area contributed by atoms with Crippen molar-refractivity contribution in [1.29, 1.82) is 0 Å². The van der Waals surface area contributed by atoms with E-state index in [-0.39, 0.29) is 6.03 Å². The molecule has 4 heterocycles. The second kappa shape index (κ2) is 10.5. The van der Waals surface area contributed by atoms with Crippen LogP contribution in [0.25, 0.3) is 0 Å². The van der Waals surface area contributed by atoms with Gasteiger partial charge in [0.15, 0.2) is 16.0 Å². The fourth-order valence-corrected chi connectivity index (χ4v) is 4.84. The molecule has 0 saturated heterocycles. The van der Waals surface area contributed by atoms with Gasteiger partial charge in [-0.15, -0.1) is 0 Å². The zero-order valence-corrected chi connectivity index (χ0v) is 20.2. The summed E-state index contributed by atoms with van der Waals surface area (Å²) in [6.07, 6.45) is 3.40. The number of rotatable bonds is 8. The zero-order valence-electron chi connectivity index (χ0n) is 18.7. The van der Waals surface area contributed by atoms with Crippen molar-refractivity contribution in [3.8, 4) is 5.75 Å². The molecule has 0 radical (unpaired) electrons. The van der Waals surface area contributed by atoms with Crippen LogP contribution in [0.3, 0.4) is 0 Å². The first kappa shape index (κ1) is 24.1. The molecule has 4 rings (SSSR count). The van der Waals surface area contributed by atoms with Gasteiger partial charge in [0.2, 0.25) is 0 Å². The third kappa shape index (κ3) is 5.55. The molecule has 1 N–H and O–H groups in total. The number of halogens is 3. The SMILES string of the molecule is COc1cc(N2CCc3nc(N(C)C(=O)NCCc4cn(CC(F)F)cn4)sc3C2)cnc1Cl. The van der Waals surface area contributed by atoms with Gasteiger partial charge >= 0.3 is 6.03 Å². The van der Waals surface area contributed by atoms with Crippen LogP contribution in [-0.2, 0) is 25.9 Å². The van der Waals surface area contributed by atoms with Gasteiger partial charge in [0.25, 0.3) is 6.43 Å². The maximum Gasteiger partial charge on any atom is 0.323 e. The number of alkyl halides is 2. The van der Waals surface area contributed by atoms with Crippen LogP contribution >= 0.6 is 22.9 Å². The molecule has 0 atom stereocenters. The number of imidazole rings is 1. The van der Waals surface area contributed by atoms with Crippen molar-refractivity contribution >= 4 is 39.8 Å². The number of ether oxygens (including phenoxy) is 1. The number of fused-ring (bicyclic) bond motifs is 1. The average Bonchev–Trinajstić information content (AvgIpc) is 3.44. The molecule has 182 valence electrons. The summed E-state index contributed by atoms with van der Waals surface area (Å²) in [7, 11) is 3.22. The first-order valence-electron chi connectivity index (χ1n) is 10.6. The van der Waals surface area contributed by atoms with Crippen LogP contribution in [0.1, 0.15) is 16.3 Å². The Labute approximate surface area is 204 Å². The van der Waals surface area contributed by atoms with E-state index in [9.17, 15) is 13.6 Å². The lowest BCUT2D eigenvalue weighted by Crippen LogP contribution is -2.38. The minimum Gasteiger partial charge on any atom is -0.493 e. The van der Waals surface area contributed by atoms with Gasteiger partial charge in [-0.05, 0) is 0 Å². The number of methoxy groups -OCH3 is 1. The van der Waals surface area contributed by atoms with Crippen molar-refractivity contribution < 1.29 is 18.3 Å². The largest absolute Gasteiger partial charge is 0.493 e. The van der Waals surface area contributed by atoms with Crippen molar-refractivity contribution in [3.05, 3.63) is 46.2 Å². The molecular formula is C21H24ClF2N7O2S. The van der Waals surface area contributed by atoms with E-state index in [4.69, 9.17) is 16.3 Å². The van der Waals surface area contributed by atoms with E-state index in [0.29, 0.717) is 41.2 Å². The number of nitrogens with one attached hydrogen (secondary N) is 1. The minimum atomic E-state index is -2.43. The molecule has 34 heavy (non-hydrogen) atoms. The number of thiazole rings is 1. The maximum atomic E-state index is 12.6. The van der Waals surface area contributed by atoms with Gasteiger partial charge in [-0.3, -0.25) is 4.90 Å². The van der Waals surface area contributed by atoms with E-state index in [1.165, 1.54) is 27.1 Å². The summed E-state index contributed by atoms with van der Waals surface area (Å²) in [5.74, 6) is 0.521. The zero-order chi connectivity index (χ0) is 24.2. The van der Waals surface area contributed by atoms with Crippen molar-refractivity contribution in [2.75, 3.05) is 37.0 Å². The molecule has 0 aliphatic carbocycles. The molecule has 9 nitrogen and oxygen atoms in total. The van der Waals surface area contributed by atoms with Gasteiger partial charge in [-0.1, -0.05) is 22.9 Å². The summed E-state index contributed by atoms with van der Waals surface area (Å²) in [4.78, 5) is 30.3. The number of hydrogen-bond acceptors (Lipinski definition) is 7. The Balaban J connectivity index is 1.33. The Morgan fingerprint density at radius 1 is 1.41 bits per heavy atom. The van der Waals surface area contributed by atoms with E-state index < -0.39 is 13.0 Å². The first-order chi connectivity index (χ1) is 16.3. The normalized spacial score (nSPS) is 13.2. The van der Waals surface area contributed by atoms with Gasteiger partial charge in [-0.25, -0.2) is 28.5 Å². The molecule has 13 heteroatoms. The molecular weight excluding hydrogens is 488 g/mol. The Morgan fingerprint density at radius 2 is 2.24 bits per heavy atom. The summed E-state index contributed by atoms with van der Waals surface area (Å²) in [6, 6.07) is 1.57. The van der Waals surface area contributed by atoms with Gasteiger partial charge in [0.05, 0.1) is 49.8 Å². The highest BCUT2D eigenvalue weighted by molar-refractivity contribution is 7.16. The van der Waals surface area contributed by atoms with Crippen LogP contribution < -0.4 is 19.9 Å². The molecule has 0 bridgehead atoms. The summed E-state index contributed by atoms with van der Waals surface area (Å²) in [5, 5.41) is 3.75. The third-order valence-corrected chi connectivity index (χ3v) is 6.82. The predicted molar refractivity (Wildman–Crippen MR) is 126 cm³/mol. The smallest absolute Gasteiger partial charge is 0.323 e. The van der Waals surface area contributed by atoms with Crippen LogP contribution in [-0.4, -0.2) is 59.2 Å². The predicted octanol–water partition coefficient (Wildman–Crippen LogP) is 3.61. The van der Waals surface area contributed by atoms with E-state index in [0.717, 1.165) is 29.2 Å². The molecule has 2 amide bonds. The summed E-state index contributed by atoms with van der Waals surface area (Å²) in [5.41, 5.74) is 2.53. The lowest BCUT2D eigenvalue weighted by atomic mass is 10.1. The quantitative estimate of drug-likeness (QED) is 0.465. The molecule has 0 spiro atoms. The highest BCUT2D eigenvalue weighted by Gasteiger charge is 2.24. The molecule has 0 saturated carbocycles. The standard InChI is InChI=1S/C21H24ClF2N7O2S/c1-29(20(32)25-5-3-13-9-30(12-27-13)11-18(23)24)21-28-15-4-6-31(10-17(15)34-21)14-7-16(33-2)19(22)26-8-14/h7-9,12,18H,3-6,10-11H2,1-2H3,(H,25,32). The van der Waals surface area contributed by atoms with Crippen LogP contribution in [0, 0.1) is 0 Å². The fourth-order valence-electron chi connectivity index (χ4n) is 3.58. The number of carbonyl (C=O) groups is 1. The number of pyridine rings is 1. The average molecular weight is 512 g/mol. The summed E-state index contributed by atoms with van der Waals surface area (Å²) >= 11 is 7.51. The van der Waals surface area contributed by atoms with Crippen LogP contribution in [0.4, 0.5) is 24.4 Å². The topological polar surface area (TPSA) is 88.4 Å². The Bertz CT molecular complexity index is 1160. The molecule has 1 aliphatic rings. The van der Waals surface area contributed by atoms with E-state index >= 15 is 0 Å². The maximum absolute atomic E-state index is 12.6. The molecule has 0 unspecified atom stereocenters.